The van der Waals surface area contributed by atoms with Gasteiger partial charge in [-0.1, -0.05) is 41.9 Å². The van der Waals surface area contributed by atoms with Gasteiger partial charge < -0.3 is 10.6 Å². The molecule has 0 saturated carbocycles. The number of rotatable bonds is 6. The Morgan fingerprint density at radius 2 is 1.58 bits per heavy atom. The molecule has 2 rings (SSSR count). The lowest BCUT2D eigenvalue weighted by atomic mass is 9.91. The van der Waals surface area contributed by atoms with Crippen LogP contribution < -0.4 is 10.6 Å². The third-order valence-corrected chi connectivity index (χ3v) is 4.03. The lowest BCUT2D eigenvalue weighted by Gasteiger charge is -2.22. The average molecular weight is 345 g/mol. The Balaban J connectivity index is 1.87. The quantitative estimate of drug-likeness (QED) is 0.786. The Bertz CT molecular complexity index is 697. The standard InChI is InChI=1S/C19H21ClN2O2/c1-19(2,18(24)22-16-6-4-3-5-7-16)17(23)21-13-12-14-8-10-15(20)11-9-14/h3-11H,12-13H2,1-2H3,(H,21,23)(H,22,24). The van der Waals surface area contributed by atoms with Gasteiger partial charge in [0.2, 0.25) is 11.8 Å². The van der Waals surface area contributed by atoms with Gasteiger partial charge in [-0.05, 0) is 50.1 Å². The molecule has 0 saturated heterocycles. The number of carbonyl (C=O) groups excluding carboxylic acids is 2. The van der Waals surface area contributed by atoms with Gasteiger partial charge in [-0.15, -0.1) is 0 Å². The van der Waals surface area contributed by atoms with Crippen LogP contribution in [0, 0.1) is 5.41 Å². The molecule has 0 fully saturated rings. The molecule has 0 spiro atoms. The fraction of sp³-hybridized carbons (Fsp3) is 0.263. The van der Waals surface area contributed by atoms with E-state index in [4.69, 9.17) is 11.6 Å². The van der Waals surface area contributed by atoms with Crippen LogP contribution in [0.1, 0.15) is 19.4 Å². The molecule has 2 amide bonds. The smallest absolute Gasteiger partial charge is 0.239 e. The number of hydrogen-bond donors (Lipinski definition) is 2. The monoisotopic (exact) mass is 344 g/mol. The first-order chi connectivity index (χ1) is 11.4. The number of nitrogens with one attached hydrogen (secondary N) is 2. The Labute approximate surface area is 147 Å². The average Bonchev–Trinajstić information content (AvgIpc) is 2.57. The zero-order valence-electron chi connectivity index (χ0n) is 13.8. The number of para-hydroxylation sites is 1. The van der Waals surface area contributed by atoms with Crippen LogP contribution in [0.5, 0.6) is 0 Å². The number of benzene rings is 2. The van der Waals surface area contributed by atoms with E-state index in [1.807, 2.05) is 42.5 Å². The van der Waals surface area contributed by atoms with Gasteiger partial charge in [-0.25, -0.2) is 0 Å². The minimum atomic E-state index is -1.16. The van der Waals surface area contributed by atoms with Gasteiger partial charge in [0.25, 0.3) is 0 Å². The van der Waals surface area contributed by atoms with Crippen molar-refractivity contribution in [2.24, 2.45) is 5.41 Å². The van der Waals surface area contributed by atoms with E-state index < -0.39 is 5.41 Å². The highest BCUT2D eigenvalue weighted by Crippen LogP contribution is 2.19. The second-order valence-corrected chi connectivity index (χ2v) is 6.51. The summed E-state index contributed by atoms with van der Waals surface area (Å²) in [6, 6.07) is 16.6. The molecule has 2 aromatic rings. The zero-order chi connectivity index (χ0) is 17.6. The van der Waals surface area contributed by atoms with Crippen LogP contribution in [0.25, 0.3) is 0 Å². The van der Waals surface area contributed by atoms with Gasteiger partial charge in [-0.2, -0.15) is 0 Å². The highest BCUT2D eigenvalue weighted by atomic mass is 35.5. The normalized spacial score (nSPS) is 11.0. The van der Waals surface area contributed by atoms with Crippen molar-refractivity contribution in [3.05, 3.63) is 65.2 Å². The Kier molecular flexibility index (Phi) is 5.99. The topological polar surface area (TPSA) is 58.2 Å². The van der Waals surface area contributed by atoms with Crippen LogP contribution in [-0.4, -0.2) is 18.4 Å². The number of halogens is 1. The Morgan fingerprint density at radius 3 is 2.21 bits per heavy atom. The van der Waals surface area contributed by atoms with Crippen LogP contribution in [0.15, 0.2) is 54.6 Å². The molecule has 0 radical (unpaired) electrons. The first-order valence-electron chi connectivity index (χ1n) is 7.79. The Hall–Kier alpha value is -2.33. The van der Waals surface area contributed by atoms with E-state index in [1.54, 1.807) is 26.0 Å². The van der Waals surface area contributed by atoms with Crippen molar-refractivity contribution < 1.29 is 9.59 Å². The van der Waals surface area contributed by atoms with Crippen molar-refractivity contribution in [2.45, 2.75) is 20.3 Å². The summed E-state index contributed by atoms with van der Waals surface area (Å²) in [7, 11) is 0. The molecule has 0 atom stereocenters. The summed E-state index contributed by atoms with van der Waals surface area (Å²) in [4.78, 5) is 24.7. The van der Waals surface area contributed by atoms with Gasteiger partial charge in [-0.3, -0.25) is 9.59 Å². The third-order valence-electron chi connectivity index (χ3n) is 3.78. The maximum atomic E-state index is 12.4. The molecule has 24 heavy (non-hydrogen) atoms. The van der Waals surface area contributed by atoms with Crippen LogP contribution in [0.4, 0.5) is 5.69 Å². The SMILES string of the molecule is CC(C)(C(=O)NCCc1ccc(Cl)cc1)C(=O)Nc1ccccc1. The van der Waals surface area contributed by atoms with Gasteiger partial charge in [0.05, 0.1) is 0 Å². The minimum absolute atomic E-state index is 0.301. The molecule has 0 unspecified atom stereocenters. The highest BCUT2D eigenvalue weighted by molar-refractivity contribution is 6.30. The lowest BCUT2D eigenvalue weighted by molar-refractivity contribution is -0.138. The van der Waals surface area contributed by atoms with Gasteiger partial charge >= 0.3 is 0 Å². The minimum Gasteiger partial charge on any atom is -0.355 e. The first kappa shape index (κ1) is 18.0. The molecule has 0 aliphatic carbocycles. The van der Waals surface area contributed by atoms with Crippen LogP contribution in [0.2, 0.25) is 5.02 Å². The number of anilines is 1. The third kappa shape index (κ3) is 4.83. The fourth-order valence-electron chi connectivity index (χ4n) is 2.10. The summed E-state index contributed by atoms with van der Waals surface area (Å²) in [5, 5.41) is 6.26. The predicted octanol–water partition coefficient (Wildman–Crippen LogP) is 3.66. The fourth-order valence-corrected chi connectivity index (χ4v) is 2.23. The molecule has 5 heteroatoms. The van der Waals surface area contributed by atoms with Crippen molar-refractivity contribution in [1.29, 1.82) is 0 Å². The van der Waals surface area contributed by atoms with E-state index in [-0.39, 0.29) is 11.8 Å². The molecule has 2 aromatic carbocycles. The predicted molar refractivity (Wildman–Crippen MR) is 97.0 cm³/mol. The Morgan fingerprint density at radius 1 is 0.958 bits per heavy atom. The van der Waals surface area contributed by atoms with Crippen molar-refractivity contribution >= 4 is 29.1 Å². The maximum absolute atomic E-state index is 12.4. The number of hydrogen-bond acceptors (Lipinski definition) is 2. The van der Waals surface area contributed by atoms with E-state index in [0.717, 1.165) is 5.56 Å². The molecule has 126 valence electrons. The van der Waals surface area contributed by atoms with E-state index in [0.29, 0.717) is 23.7 Å². The molecule has 0 aliphatic heterocycles. The summed E-state index contributed by atoms with van der Waals surface area (Å²) < 4.78 is 0. The molecular formula is C19H21ClN2O2. The van der Waals surface area contributed by atoms with E-state index in [1.165, 1.54) is 0 Å². The summed E-state index contributed by atoms with van der Waals surface area (Å²) in [6.45, 7) is 3.69. The zero-order valence-corrected chi connectivity index (χ0v) is 14.6. The molecular weight excluding hydrogens is 324 g/mol. The maximum Gasteiger partial charge on any atom is 0.239 e. The second kappa shape index (κ2) is 7.97. The molecule has 2 N–H and O–H groups in total. The van der Waals surface area contributed by atoms with E-state index in [2.05, 4.69) is 10.6 Å². The largest absolute Gasteiger partial charge is 0.355 e. The first-order valence-corrected chi connectivity index (χ1v) is 8.16. The lowest BCUT2D eigenvalue weighted by Crippen LogP contribution is -2.45. The number of amides is 2. The van der Waals surface area contributed by atoms with Crippen molar-refractivity contribution in [3.8, 4) is 0 Å². The summed E-state index contributed by atoms with van der Waals surface area (Å²) in [5.41, 5.74) is 0.589. The van der Waals surface area contributed by atoms with Crippen LogP contribution in [-0.2, 0) is 16.0 Å². The summed E-state index contributed by atoms with van der Waals surface area (Å²) in [6.07, 6.45) is 0.680. The second-order valence-electron chi connectivity index (χ2n) is 6.08. The van der Waals surface area contributed by atoms with Crippen LogP contribution in [0.3, 0.4) is 0 Å². The summed E-state index contributed by atoms with van der Waals surface area (Å²) >= 11 is 5.84. The number of carbonyl (C=O) groups is 2. The summed E-state index contributed by atoms with van der Waals surface area (Å²) in [5.74, 6) is -0.636. The van der Waals surface area contributed by atoms with E-state index >= 15 is 0 Å². The molecule has 0 bridgehead atoms. The molecule has 0 aliphatic rings. The van der Waals surface area contributed by atoms with Gasteiger partial charge in [0.1, 0.15) is 5.41 Å². The van der Waals surface area contributed by atoms with Crippen molar-refractivity contribution in [2.75, 3.05) is 11.9 Å². The van der Waals surface area contributed by atoms with Crippen molar-refractivity contribution in [3.63, 3.8) is 0 Å². The van der Waals surface area contributed by atoms with E-state index in [9.17, 15) is 9.59 Å². The molecule has 0 heterocycles. The van der Waals surface area contributed by atoms with Gasteiger partial charge in [0.15, 0.2) is 0 Å². The highest BCUT2D eigenvalue weighted by Gasteiger charge is 2.35. The van der Waals surface area contributed by atoms with Gasteiger partial charge in [0, 0.05) is 17.3 Å². The van der Waals surface area contributed by atoms with Crippen LogP contribution >= 0.6 is 11.6 Å². The molecule has 0 aromatic heterocycles. The molecule has 4 nitrogen and oxygen atoms in total. The van der Waals surface area contributed by atoms with Crippen molar-refractivity contribution in [1.82, 2.24) is 5.32 Å².